The highest BCUT2D eigenvalue weighted by atomic mass is 35.5. The van der Waals surface area contributed by atoms with Crippen LogP contribution in [0.1, 0.15) is 37.7 Å². The summed E-state index contributed by atoms with van der Waals surface area (Å²) >= 11 is 15.1. The zero-order chi connectivity index (χ0) is 13.0. The lowest BCUT2D eigenvalue weighted by Crippen LogP contribution is -2.12. The van der Waals surface area contributed by atoms with Crippen LogP contribution in [0.3, 0.4) is 0 Å². The van der Waals surface area contributed by atoms with Crippen molar-refractivity contribution in [3.63, 3.8) is 0 Å². The fourth-order valence-electron chi connectivity index (χ4n) is 2.13. The molecule has 2 nitrogen and oxygen atoms in total. The van der Waals surface area contributed by atoms with E-state index in [1.54, 1.807) is 6.07 Å². The van der Waals surface area contributed by atoms with E-state index in [0.29, 0.717) is 25.4 Å². The lowest BCUT2D eigenvalue weighted by molar-refractivity contribution is 0.319. The van der Waals surface area contributed by atoms with Crippen LogP contribution in [-0.4, -0.2) is 21.9 Å². The highest BCUT2D eigenvalue weighted by molar-refractivity contribution is 8.00. The molecule has 1 aromatic rings. The van der Waals surface area contributed by atoms with Crippen molar-refractivity contribution in [3.05, 3.63) is 20.3 Å². The predicted octanol–water partition coefficient (Wildman–Crippen LogP) is 5.30. The van der Waals surface area contributed by atoms with E-state index in [2.05, 4.69) is 5.16 Å². The average molecular weight is 324 g/mol. The maximum atomic E-state index is 9.12. The molecule has 1 aromatic heterocycles. The molecule has 100 valence electrons. The Morgan fingerprint density at radius 3 is 2.67 bits per heavy atom. The quantitative estimate of drug-likeness (QED) is 0.463. The first-order chi connectivity index (χ1) is 8.70. The molecule has 1 N–H and O–H groups in total. The summed E-state index contributed by atoms with van der Waals surface area (Å²) in [5.74, 6) is 0.688. The number of hydrogen-bond donors (Lipinski definition) is 1. The Labute approximate surface area is 125 Å². The molecule has 0 unspecified atom stereocenters. The smallest absolute Gasteiger partial charge is 0.104 e. The molecule has 0 spiro atoms. The van der Waals surface area contributed by atoms with Gasteiger partial charge in [0.1, 0.15) is 4.34 Å². The van der Waals surface area contributed by atoms with Crippen molar-refractivity contribution in [2.75, 3.05) is 5.75 Å². The SMILES string of the molecule is O/N=C(\CSC1CCCCC1)c1cc(Cl)sc1Cl. The lowest BCUT2D eigenvalue weighted by Gasteiger charge is -2.20. The molecule has 0 aromatic carbocycles. The van der Waals surface area contributed by atoms with E-state index in [1.807, 2.05) is 11.8 Å². The molecular weight excluding hydrogens is 309 g/mol. The largest absolute Gasteiger partial charge is 0.411 e. The van der Waals surface area contributed by atoms with E-state index in [9.17, 15) is 0 Å². The number of nitrogens with zero attached hydrogens (tertiary/aromatic N) is 1. The summed E-state index contributed by atoms with van der Waals surface area (Å²) in [6.07, 6.45) is 6.51. The molecule has 1 aliphatic carbocycles. The van der Waals surface area contributed by atoms with Gasteiger partial charge in [-0.1, -0.05) is 47.6 Å². The van der Waals surface area contributed by atoms with Gasteiger partial charge >= 0.3 is 0 Å². The third-order valence-corrected chi connectivity index (χ3v) is 5.97. The molecular formula is C12H15Cl2NOS2. The summed E-state index contributed by atoms with van der Waals surface area (Å²) in [4.78, 5) is 0. The molecule has 0 saturated heterocycles. The van der Waals surface area contributed by atoms with Crippen molar-refractivity contribution in [3.8, 4) is 0 Å². The second-order valence-corrected chi connectivity index (χ2v) is 7.93. The Morgan fingerprint density at radius 1 is 1.39 bits per heavy atom. The number of thiophene rings is 1. The summed E-state index contributed by atoms with van der Waals surface area (Å²) in [6, 6.07) is 1.77. The van der Waals surface area contributed by atoms with E-state index in [0.717, 1.165) is 5.56 Å². The Bertz CT molecular complexity index is 428. The van der Waals surface area contributed by atoms with Gasteiger partial charge in [-0.2, -0.15) is 11.8 Å². The van der Waals surface area contributed by atoms with Crippen LogP contribution in [0.25, 0.3) is 0 Å². The number of halogens is 2. The second kappa shape index (κ2) is 7.04. The van der Waals surface area contributed by atoms with Crippen molar-refractivity contribution in [1.82, 2.24) is 0 Å². The second-order valence-electron chi connectivity index (χ2n) is 4.36. The predicted molar refractivity (Wildman–Crippen MR) is 82.0 cm³/mol. The van der Waals surface area contributed by atoms with Crippen LogP contribution in [0.2, 0.25) is 8.67 Å². The molecule has 0 bridgehead atoms. The van der Waals surface area contributed by atoms with Gasteiger partial charge in [-0.25, -0.2) is 0 Å². The molecule has 0 radical (unpaired) electrons. The number of hydrogen-bond acceptors (Lipinski definition) is 4. The monoisotopic (exact) mass is 323 g/mol. The normalized spacial score (nSPS) is 18.2. The van der Waals surface area contributed by atoms with Crippen LogP contribution in [-0.2, 0) is 0 Å². The van der Waals surface area contributed by atoms with Crippen molar-refractivity contribution < 1.29 is 5.21 Å². The molecule has 1 saturated carbocycles. The molecule has 1 aliphatic rings. The number of rotatable bonds is 4. The fourth-order valence-corrected chi connectivity index (χ4v) is 4.91. The molecule has 1 fully saturated rings. The first-order valence-corrected chi connectivity index (χ1v) is 8.60. The minimum atomic E-state index is 0.594. The van der Waals surface area contributed by atoms with Gasteiger partial charge in [0.2, 0.25) is 0 Å². The summed E-state index contributed by atoms with van der Waals surface area (Å²) in [6.45, 7) is 0. The summed E-state index contributed by atoms with van der Waals surface area (Å²) in [5, 5.41) is 13.2. The maximum Gasteiger partial charge on any atom is 0.104 e. The van der Waals surface area contributed by atoms with E-state index >= 15 is 0 Å². The summed E-state index contributed by atoms with van der Waals surface area (Å²) in [7, 11) is 0. The van der Waals surface area contributed by atoms with Gasteiger partial charge in [0.15, 0.2) is 0 Å². The van der Waals surface area contributed by atoms with Crippen molar-refractivity contribution >= 4 is 52.0 Å². The van der Waals surface area contributed by atoms with Gasteiger partial charge in [0, 0.05) is 16.6 Å². The van der Waals surface area contributed by atoms with Gasteiger partial charge in [-0.3, -0.25) is 0 Å². The fraction of sp³-hybridized carbons (Fsp3) is 0.583. The van der Waals surface area contributed by atoms with Crippen LogP contribution in [0.5, 0.6) is 0 Å². The Kier molecular flexibility index (Phi) is 5.67. The van der Waals surface area contributed by atoms with Crippen LogP contribution in [0.15, 0.2) is 11.2 Å². The molecule has 18 heavy (non-hydrogen) atoms. The first kappa shape index (κ1) is 14.5. The maximum absolute atomic E-state index is 9.12. The molecule has 0 amide bonds. The third-order valence-electron chi connectivity index (χ3n) is 3.10. The highest BCUT2D eigenvalue weighted by Gasteiger charge is 2.18. The molecule has 1 heterocycles. The zero-order valence-electron chi connectivity index (χ0n) is 9.86. The Balaban J connectivity index is 1.95. The lowest BCUT2D eigenvalue weighted by atomic mass is 10.0. The number of thioether (sulfide) groups is 1. The van der Waals surface area contributed by atoms with Crippen molar-refractivity contribution in [2.24, 2.45) is 5.16 Å². The first-order valence-electron chi connectivity index (χ1n) is 5.98. The van der Waals surface area contributed by atoms with Gasteiger partial charge in [0.05, 0.1) is 10.0 Å². The standard InChI is InChI=1S/C12H15Cl2NOS2/c13-11-6-9(12(14)18-11)10(15-16)7-17-8-4-2-1-3-5-8/h6,8,16H,1-5,7H2/b15-10+. The minimum Gasteiger partial charge on any atom is -0.411 e. The Morgan fingerprint density at radius 2 is 2.11 bits per heavy atom. The van der Waals surface area contributed by atoms with Crippen LogP contribution in [0, 0.1) is 0 Å². The third kappa shape index (κ3) is 3.80. The highest BCUT2D eigenvalue weighted by Crippen LogP contribution is 2.34. The van der Waals surface area contributed by atoms with Gasteiger partial charge < -0.3 is 5.21 Å². The minimum absolute atomic E-state index is 0.594. The summed E-state index contributed by atoms with van der Waals surface area (Å²) in [5.41, 5.74) is 1.39. The van der Waals surface area contributed by atoms with Gasteiger partial charge in [-0.05, 0) is 18.9 Å². The topological polar surface area (TPSA) is 32.6 Å². The molecule has 0 aliphatic heterocycles. The van der Waals surface area contributed by atoms with Crippen LogP contribution in [0.4, 0.5) is 0 Å². The average Bonchev–Trinajstić information content (AvgIpc) is 2.71. The summed E-state index contributed by atoms with van der Waals surface area (Å²) < 4.78 is 1.22. The Hall–Kier alpha value is 0.1000. The molecule has 2 rings (SSSR count). The van der Waals surface area contributed by atoms with E-state index < -0.39 is 0 Å². The van der Waals surface area contributed by atoms with E-state index in [-0.39, 0.29) is 0 Å². The van der Waals surface area contributed by atoms with Crippen LogP contribution < -0.4 is 0 Å². The van der Waals surface area contributed by atoms with Gasteiger partial charge in [0.25, 0.3) is 0 Å². The zero-order valence-corrected chi connectivity index (χ0v) is 13.0. The van der Waals surface area contributed by atoms with Crippen molar-refractivity contribution in [1.29, 1.82) is 0 Å². The van der Waals surface area contributed by atoms with Crippen LogP contribution >= 0.6 is 46.3 Å². The number of oxime groups is 1. The van der Waals surface area contributed by atoms with E-state index in [1.165, 1.54) is 43.4 Å². The van der Waals surface area contributed by atoms with Gasteiger partial charge in [-0.15, -0.1) is 11.3 Å². The van der Waals surface area contributed by atoms with E-state index in [4.69, 9.17) is 28.4 Å². The molecule has 6 heteroatoms. The molecule has 0 atom stereocenters. The van der Waals surface area contributed by atoms with Crippen molar-refractivity contribution in [2.45, 2.75) is 37.4 Å².